The summed E-state index contributed by atoms with van der Waals surface area (Å²) in [7, 11) is 0. The number of rotatable bonds is 2. The van der Waals surface area contributed by atoms with Crippen LogP contribution in [0, 0.1) is 23.7 Å². The van der Waals surface area contributed by atoms with Crippen LogP contribution in [0.15, 0.2) is 9.85 Å². The predicted octanol–water partition coefficient (Wildman–Crippen LogP) is 4.68. The Balaban J connectivity index is 2.33. The van der Waals surface area contributed by atoms with Crippen LogP contribution in [0.2, 0.25) is 0 Å². The molecule has 0 spiro atoms. The molecule has 0 radical (unpaired) electrons. The number of carbonyl (C=O) groups excluding carboxylic acids is 1. The fraction of sp³-hybridized carbons (Fsp3) is 0.615. The topological polar surface area (TPSA) is 17.1 Å². The lowest BCUT2D eigenvalue weighted by molar-refractivity contribution is 0.0945. The van der Waals surface area contributed by atoms with Crippen molar-refractivity contribution in [3.63, 3.8) is 0 Å². The molecular formula is C13H17BrOS. The Kier molecular flexibility index (Phi) is 2.63. The summed E-state index contributed by atoms with van der Waals surface area (Å²) in [6, 6.07) is 1.97. The molecule has 1 aromatic rings. The van der Waals surface area contributed by atoms with Crippen LogP contribution in [0.5, 0.6) is 0 Å². The van der Waals surface area contributed by atoms with Crippen molar-refractivity contribution in [3.05, 3.63) is 20.3 Å². The molecule has 1 aliphatic carbocycles. The van der Waals surface area contributed by atoms with Crippen molar-refractivity contribution in [1.29, 1.82) is 0 Å². The van der Waals surface area contributed by atoms with E-state index in [2.05, 4.69) is 43.6 Å². The van der Waals surface area contributed by atoms with E-state index in [1.165, 1.54) is 0 Å². The molecule has 1 saturated carbocycles. The van der Waals surface area contributed by atoms with Crippen molar-refractivity contribution in [2.75, 3.05) is 0 Å². The van der Waals surface area contributed by atoms with Crippen LogP contribution in [0.3, 0.4) is 0 Å². The van der Waals surface area contributed by atoms with Crippen LogP contribution < -0.4 is 0 Å². The minimum atomic E-state index is 0.130. The maximum atomic E-state index is 12.5. The Morgan fingerprint density at radius 2 is 1.81 bits per heavy atom. The van der Waals surface area contributed by atoms with E-state index in [-0.39, 0.29) is 16.7 Å². The lowest BCUT2D eigenvalue weighted by atomic mass is 10.0. The average Bonchev–Trinajstić information content (AvgIpc) is 2.37. The first kappa shape index (κ1) is 12.3. The molecule has 1 aromatic heterocycles. The Morgan fingerprint density at radius 3 is 2.12 bits per heavy atom. The summed E-state index contributed by atoms with van der Waals surface area (Å²) >= 11 is 5.08. The van der Waals surface area contributed by atoms with Gasteiger partial charge in [0.2, 0.25) is 0 Å². The zero-order valence-electron chi connectivity index (χ0n) is 10.3. The Morgan fingerprint density at radius 1 is 1.31 bits per heavy atom. The second kappa shape index (κ2) is 3.42. The Labute approximate surface area is 109 Å². The molecule has 2 rings (SSSR count). The summed E-state index contributed by atoms with van der Waals surface area (Å²) in [5, 5.41) is 0. The number of aryl methyl sites for hydroxylation is 1. The van der Waals surface area contributed by atoms with Gasteiger partial charge in [-0.3, -0.25) is 4.79 Å². The molecule has 0 N–H and O–H groups in total. The van der Waals surface area contributed by atoms with Crippen molar-refractivity contribution in [2.24, 2.45) is 16.7 Å². The highest BCUT2D eigenvalue weighted by Gasteiger charge is 2.68. The maximum Gasteiger partial charge on any atom is 0.168 e. The molecule has 0 saturated heterocycles. The zero-order valence-corrected chi connectivity index (χ0v) is 12.8. The van der Waals surface area contributed by atoms with Crippen molar-refractivity contribution in [2.45, 2.75) is 34.6 Å². The van der Waals surface area contributed by atoms with E-state index in [1.807, 2.05) is 13.0 Å². The van der Waals surface area contributed by atoms with Crippen LogP contribution in [0.1, 0.15) is 42.9 Å². The van der Waals surface area contributed by atoms with E-state index in [1.54, 1.807) is 11.3 Å². The highest BCUT2D eigenvalue weighted by Crippen LogP contribution is 2.69. The lowest BCUT2D eigenvalue weighted by Gasteiger charge is -2.03. The molecule has 0 aliphatic heterocycles. The van der Waals surface area contributed by atoms with E-state index in [4.69, 9.17) is 0 Å². The fourth-order valence-corrected chi connectivity index (χ4v) is 4.39. The molecule has 0 aromatic carbocycles. The number of hydrogen-bond donors (Lipinski definition) is 0. The SMILES string of the molecule is Cc1sc(Br)cc1C(=O)C1C(C)(C)C1(C)C. The molecule has 88 valence electrons. The summed E-state index contributed by atoms with van der Waals surface area (Å²) in [6.07, 6.45) is 0. The minimum absolute atomic E-state index is 0.130. The molecule has 0 bridgehead atoms. The zero-order chi connectivity index (χ0) is 12.3. The molecule has 1 fully saturated rings. The molecule has 16 heavy (non-hydrogen) atoms. The van der Waals surface area contributed by atoms with Crippen LogP contribution in [-0.4, -0.2) is 5.78 Å². The lowest BCUT2D eigenvalue weighted by Crippen LogP contribution is -2.07. The molecule has 0 atom stereocenters. The number of carbonyl (C=O) groups is 1. The van der Waals surface area contributed by atoms with E-state index in [0.717, 1.165) is 14.2 Å². The van der Waals surface area contributed by atoms with Gasteiger partial charge in [0, 0.05) is 16.4 Å². The van der Waals surface area contributed by atoms with Gasteiger partial charge in [0.25, 0.3) is 0 Å². The Hall–Kier alpha value is -0.150. The van der Waals surface area contributed by atoms with Gasteiger partial charge in [0.15, 0.2) is 5.78 Å². The predicted molar refractivity (Wildman–Crippen MR) is 72.1 cm³/mol. The third-order valence-corrected chi connectivity index (χ3v) is 5.99. The number of ketones is 1. The number of halogens is 1. The van der Waals surface area contributed by atoms with E-state index in [0.29, 0.717) is 5.78 Å². The van der Waals surface area contributed by atoms with Gasteiger partial charge in [-0.25, -0.2) is 0 Å². The molecular weight excluding hydrogens is 284 g/mol. The first-order chi connectivity index (χ1) is 7.19. The third-order valence-electron chi connectivity index (χ3n) is 4.44. The summed E-state index contributed by atoms with van der Waals surface area (Å²) < 4.78 is 1.05. The largest absolute Gasteiger partial charge is 0.294 e. The molecule has 0 unspecified atom stereocenters. The summed E-state index contributed by atoms with van der Waals surface area (Å²) in [5.74, 6) is 0.481. The second-order valence-electron chi connectivity index (χ2n) is 5.76. The van der Waals surface area contributed by atoms with Crippen LogP contribution in [0.25, 0.3) is 0 Å². The summed E-state index contributed by atoms with van der Waals surface area (Å²) in [6.45, 7) is 10.8. The van der Waals surface area contributed by atoms with Crippen LogP contribution in [0.4, 0.5) is 0 Å². The smallest absolute Gasteiger partial charge is 0.168 e. The van der Waals surface area contributed by atoms with Gasteiger partial charge in [-0.1, -0.05) is 27.7 Å². The van der Waals surface area contributed by atoms with Crippen molar-refractivity contribution >= 4 is 33.0 Å². The van der Waals surface area contributed by atoms with Gasteiger partial charge < -0.3 is 0 Å². The standard InChI is InChI=1S/C13H17BrOS/c1-7-8(6-9(14)16-7)10(15)11-12(2,3)13(11,4)5/h6,11H,1-5H3. The highest BCUT2D eigenvalue weighted by molar-refractivity contribution is 9.11. The van der Waals surface area contributed by atoms with Gasteiger partial charge in [-0.2, -0.15) is 0 Å². The molecule has 0 amide bonds. The first-order valence-corrected chi connectivity index (χ1v) is 7.10. The van der Waals surface area contributed by atoms with Gasteiger partial charge in [-0.15, -0.1) is 11.3 Å². The number of thiophene rings is 1. The molecule has 1 aliphatic rings. The van der Waals surface area contributed by atoms with Crippen molar-refractivity contribution in [3.8, 4) is 0 Å². The number of hydrogen-bond acceptors (Lipinski definition) is 2. The minimum Gasteiger partial charge on any atom is -0.294 e. The first-order valence-electron chi connectivity index (χ1n) is 5.49. The van der Waals surface area contributed by atoms with Gasteiger partial charge in [0.05, 0.1) is 3.79 Å². The molecule has 1 nitrogen and oxygen atoms in total. The monoisotopic (exact) mass is 300 g/mol. The fourth-order valence-electron chi connectivity index (χ4n) is 2.70. The summed E-state index contributed by atoms with van der Waals surface area (Å²) in [4.78, 5) is 13.6. The average molecular weight is 301 g/mol. The van der Waals surface area contributed by atoms with E-state index < -0.39 is 0 Å². The molecule has 3 heteroatoms. The third kappa shape index (κ3) is 1.52. The van der Waals surface area contributed by atoms with Crippen molar-refractivity contribution < 1.29 is 4.79 Å². The number of Topliss-reactive ketones (excluding diaryl/α,β-unsaturated/α-hetero) is 1. The quantitative estimate of drug-likeness (QED) is 0.725. The van der Waals surface area contributed by atoms with Gasteiger partial charge in [0.1, 0.15) is 0 Å². The van der Waals surface area contributed by atoms with Crippen LogP contribution in [-0.2, 0) is 0 Å². The summed E-state index contributed by atoms with van der Waals surface area (Å²) in [5.41, 5.74) is 1.16. The maximum absolute atomic E-state index is 12.5. The Bertz CT molecular complexity index is 442. The van der Waals surface area contributed by atoms with Gasteiger partial charge >= 0.3 is 0 Å². The van der Waals surface area contributed by atoms with E-state index >= 15 is 0 Å². The van der Waals surface area contributed by atoms with Crippen molar-refractivity contribution in [1.82, 2.24) is 0 Å². The van der Waals surface area contributed by atoms with Crippen LogP contribution >= 0.6 is 27.3 Å². The normalized spacial score (nSPS) is 22.1. The van der Waals surface area contributed by atoms with E-state index in [9.17, 15) is 4.79 Å². The molecule has 1 heterocycles. The van der Waals surface area contributed by atoms with Gasteiger partial charge in [-0.05, 0) is 39.8 Å². The highest BCUT2D eigenvalue weighted by atomic mass is 79.9. The second-order valence-corrected chi connectivity index (χ2v) is 8.40.